The third-order valence-electron chi connectivity index (χ3n) is 8.80. The van der Waals surface area contributed by atoms with Crippen molar-refractivity contribution in [2.45, 2.75) is 125 Å². The molecule has 5 heterocycles. The molecule has 0 radical (unpaired) electrons. The molecule has 4 fully saturated rings. The normalized spacial score (nSPS) is 48.1. The van der Waals surface area contributed by atoms with E-state index in [0.717, 1.165) is 0 Å². The first kappa shape index (κ1) is 35.5. The van der Waals surface area contributed by atoms with E-state index in [2.05, 4.69) is 5.32 Å². The second-order valence-corrected chi connectivity index (χ2v) is 12.7. The summed E-state index contributed by atoms with van der Waals surface area (Å²) in [5.74, 6) is -5.38. The lowest BCUT2D eigenvalue weighted by Crippen LogP contribution is -2.56. The van der Waals surface area contributed by atoms with E-state index in [-0.39, 0.29) is 25.4 Å². The fourth-order valence-electron chi connectivity index (χ4n) is 6.24. The first-order valence-electron chi connectivity index (χ1n) is 16.1. The summed E-state index contributed by atoms with van der Waals surface area (Å²) >= 11 is 0. The van der Waals surface area contributed by atoms with Gasteiger partial charge in [0.25, 0.3) is 0 Å². The monoisotopic (exact) mass is 663 g/mol. The lowest BCUT2D eigenvalue weighted by Gasteiger charge is -2.44. The summed E-state index contributed by atoms with van der Waals surface area (Å²) in [6, 6.07) is -0.420. The number of hydrogen-bond donors (Lipinski definition) is 7. The number of carbonyl (C=O) groups excluding carboxylic acids is 1. The van der Waals surface area contributed by atoms with E-state index in [1.165, 1.54) is 6.08 Å². The van der Waals surface area contributed by atoms with Crippen LogP contribution in [0, 0.1) is 5.92 Å². The van der Waals surface area contributed by atoms with Crippen molar-refractivity contribution < 1.29 is 63.9 Å². The molecule has 4 unspecified atom stereocenters. The zero-order valence-electron chi connectivity index (χ0n) is 26.1. The first-order valence-corrected chi connectivity index (χ1v) is 16.1. The molecule has 5 aliphatic heterocycles. The van der Waals surface area contributed by atoms with Crippen molar-refractivity contribution >= 4 is 11.9 Å². The van der Waals surface area contributed by atoms with Gasteiger partial charge >= 0.3 is 11.9 Å². The summed E-state index contributed by atoms with van der Waals surface area (Å²) in [6.07, 6.45) is 6.99. The van der Waals surface area contributed by atoms with Crippen molar-refractivity contribution in [3.05, 3.63) is 60.8 Å². The Morgan fingerprint density at radius 3 is 2.47 bits per heavy atom. The predicted octanol–water partition coefficient (Wildman–Crippen LogP) is 0.0919. The van der Waals surface area contributed by atoms with Crippen molar-refractivity contribution in [2.75, 3.05) is 0 Å². The number of carbonyl (C=O) groups is 2. The van der Waals surface area contributed by atoms with Gasteiger partial charge in [0.2, 0.25) is 0 Å². The molecule has 0 amide bonds. The van der Waals surface area contributed by atoms with Crippen molar-refractivity contribution in [2.24, 2.45) is 5.92 Å². The van der Waals surface area contributed by atoms with E-state index in [9.17, 15) is 40.2 Å². The number of allylic oxidation sites excluding steroid dienone is 7. The molecule has 7 N–H and O–H groups in total. The maximum absolute atomic E-state index is 12.3. The van der Waals surface area contributed by atoms with Gasteiger partial charge in [0.05, 0.1) is 42.7 Å². The Labute approximate surface area is 272 Å². The van der Waals surface area contributed by atoms with Crippen LogP contribution in [0.1, 0.15) is 45.4 Å². The molecule has 0 saturated carbocycles. The number of epoxide rings is 1. The molecule has 5 rings (SSSR count). The number of aliphatic carboxylic acids is 1. The molecule has 47 heavy (non-hydrogen) atoms. The third-order valence-corrected chi connectivity index (χ3v) is 8.80. The van der Waals surface area contributed by atoms with E-state index in [0.29, 0.717) is 12.8 Å². The lowest BCUT2D eigenvalue weighted by molar-refractivity contribution is -0.305. The maximum Gasteiger partial charge on any atom is 0.330 e. The highest BCUT2D eigenvalue weighted by atomic mass is 16.7. The largest absolute Gasteiger partial charge is 0.481 e. The fourth-order valence-corrected chi connectivity index (χ4v) is 6.24. The first-order chi connectivity index (χ1) is 22.4. The number of rotatable bonds is 3. The summed E-state index contributed by atoms with van der Waals surface area (Å²) in [5, 5.41) is 66.9. The van der Waals surface area contributed by atoms with E-state index in [1.807, 2.05) is 25.2 Å². The van der Waals surface area contributed by atoms with Crippen LogP contribution in [0.2, 0.25) is 0 Å². The molecule has 14 heteroatoms. The Morgan fingerprint density at radius 1 is 0.957 bits per heavy atom. The summed E-state index contributed by atoms with van der Waals surface area (Å²) in [5.41, 5.74) is 0. The minimum absolute atomic E-state index is 0.0891. The van der Waals surface area contributed by atoms with Crippen molar-refractivity contribution in [1.82, 2.24) is 5.32 Å². The number of nitrogens with one attached hydrogen (secondary N) is 1. The Hall–Kier alpha value is -2.76. The number of fused-ring (bicyclic) bond motifs is 4. The number of ether oxygens (including phenoxy) is 5. The summed E-state index contributed by atoms with van der Waals surface area (Å²) in [6.45, 7) is 1.81. The van der Waals surface area contributed by atoms with Gasteiger partial charge in [0.15, 0.2) is 12.1 Å². The van der Waals surface area contributed by atoms with Crippen molar-refractivity contribution in [3.8, 4) is 0 Å². The minimum atomic E-state index is -2.09. The highest BCUT2D eigenvalue weighted by Crippen LogP contribution is 2.39. The molecule has 14 atom stereocenters. The number of aliphatic hydroxyl groups excluding tert-OH is 4. The van der Waals surface area contributed by atoms with Crippen molar-refractivity contribution in [3.63, 3.8) is 0 Å². The molecule has 14 nitrogen and oxygen atoms in total. The number of carboxylic acid groups (broad SMARTS) is 1. The van der Waals surface area contributed by atoms with E-state index in [4.69, 9.17) is 23.7 Å². The van der Waals surface area contributed by atoms with Gasteiger partial charge in [-0.05, 0) is 25.8 Å². The Morgan fingerprint density at radius 2 is 1.70 bits per heavy atom. The summed E-state index contributed by atoms with van der Waals surface area (Å²) in [7, 11) is 0. The lowest BCUT2D eigenvalue weighted by atomic mass is 9.83. The number of cyclic esters (lactones) is 1. The van der Waals surface area contributed by atoms with E-state index < -0.39 is 97.5 Å². The summed E-state index contributed by atoms with van der Waals surface area (Å²) < 4.78 is 28.6. The standard InChI is InChI=1S/C33H45NO13/c1-18-10-8-6-4-2-3-5-7-9-11-20(44-32-29(39)28(38)27-30(34-27)46-32)15-24-26(31(40)41)21(36)17-33(42,47-24)16-19(35)14-23-22(45-23)12-13-25(37)43-18/h2-7,9,11-13,18-24,26-30,32,34-36,38-39,42H,8,10,14-17H2,1H3,(H,40,41)/b3-2+,6-4-,7-5+,11-9+,13-12+/t18-,19+,20+,21+,22-,23?,24+,26-,27?,28?,29?,30+,32-,33-/m1/s1. The van der Waals surface area contributed by atoms with Gasteiger partial charge in [-0.15, -0.1) is 0 Å². The molecule has 0 aliphatic carbocycles. The number of hydrogen-bond acceptors (Lipinski definition) is 13. The second kappa shape index (κ2) is 15.6. The highest BCUT2D eigenvalue weighted by molar-refractivity contribution is 5.82. The molecular weight excluding hydrogens is 618 g/mol. The summed E-state index contributed by atoms with van der Waals surface area (Å²) in [4.78, 5) is 24.5. The average molecular weight is 664 g/mol. The Kier molecular flexibility index (Phi) is 11.8. The quantitative estimate of drug-likeness (QED) is 0.157. The van der Waals surface area contributed by atoms with Crippen molar-refractivity contribution in [1.29, 1.82) is 0 Å². The molecular formula is C33H45NO13. The van der Waals surface area contributed by atoms with Gasteiger partial charge in [-0.2, -0.15) is 0 Å². The van der Waals surface area contributed by atoms with E-state index in [1.54, 1.807) is 36.5 Å². The number of aliphatic hydroxyl groups is 5. The van der Waals surface area contributed by atoms with Crippen LogP contribution in [0.15, 0.2) is 60.8 Å². The van der Waals surface area contributed by atoms with Gasteiger partial charge in [0.1, 0.15) is 30.5 Å². The highest BCUT2D eigenvalue weighted by Gasteiger charge is 2.55. The topological polar surface area (TPSA) is 227 Å². The molecule has 0 aromatic rings. The van der Waals surface area contributed by atoms with Crippen LogP contribution in [0.4, 0.5) is 0 Å². The van der Waals surface area contributed by atoms with Crippen LogP contribution in [0.5, 0.6) is 0 Å². The van der Waals surface area contributed by atoms with Gasteiger partial charge in [-0.25, -0.2) is 4.79 Å². The SMILES string of the molecule is C[C@@H]1CC\C=C/C=C/C=C/C=C/[C@H](O[C@@H]2O[C@@H]3NC3C(O)C2O)C[C@@H]2O[C@](O)(C[C@@H](O)CC3O[C@@H]3/C=C/C(=O)O1)C[C@H](O)[C@H]2C(=O)O. The molecule has 260 valence electrons. The molecule has 0 aromatic carbocycles. The zero-order valence-corrected chi connectivity index (χ0v) is 26.1. The third kappa shape index (κ3) is 9.89. The van der Waals surface area contributed by atoms with Crippen LogP contribution < -0.4 is 5.32 Å². The maximum atomic E-state index is 12.3. The average Bonchev–Trinajstić information content (AvgIpc) is 3.91. The molecule has 0 spiro atoms. The van der Waals surface area contributed by atoms with Crippen LogP contribution in [-0.2, 0) is 33.3 Å². The van der Waals surface area contributed by atoms with Crippen LogP contribution >= 0.6 is 0 Å². The van der Waals surface area contributed by atoms with Gasteiger partial charge in [0, 0.05) is 31.8 Å². The Bertz CT molecular complexity index is 1250. The number of esters is 1. The predicted molar refractivity (Wildman–Crippen MR) is 163 cm³/mol. The minimum Gasteiger partial charge on any atom is -0.481 e. The molecule has 4 saturated heterocycles. The van der Waals surface area contributed by atoms with Gasteiger partial charge in [-0.3, -0.25) is 10.1 Å². The van der Waals surface area contributed by atoms with Crippen LogP contribution in [0.3, 0.4) is 0 Å². The van der Waals surface area contributed by atoms with Crippen LogP contribution in [-0.4, -0.2) is 122 Å². The van der Waals surface area contributed by atoms with Gasteiger partial charge in [-0.1, -0.05) is 48.6 Å². The van der Waals surface area contributed by atoms with E-state index >= 15 is 0 Å². The fraction of sp³-hybridized carbons (Fsp3) is 0.636. The smallest absolute Gasteiger partial charge is 0.330 e. The molecule has 5 aliphatic rings. The molecule has 2 bridgehead atoms. The zero-order chi connectivity index (χ0) is 33.7. The second-order valence-electron chi connectivity index (χ2n) is 12.7. The van der Waals surface area contributed by atoms with Crippen LogP contribution in [0.25, 0.3) is 0 Å². The van der Waals surface area contributed by atoms with Gasteiger partial charge < -0.3 is 54.3 Å². The molecule has 0 aromatic heterocycles. The Balaban J connectivity index is 1.35. The number of carboxylic acids is 1.